The van der Waals surface area contributed by atoms with Crippen LogP contribution >= 0.6 is 0 Å². The van der Waals surface area contributed by atoms with Gasteiger partial charge < -0.3 is 9.47 Å². The van der Waals surface area contributed by atoms with E-state index in [0.29, 0.717) is 0 Å². The molecule has 2 aliphatic heterocycles. The van der Waals surface area contributed by atoms with Crippen LogP contribution in [0.1, 0.15) is 6.42 Å². The minimum absolute atomic E-state index is 0.0223. The Morgan fingerprint density at radius 1 is 1.75 bits per heavy atom. The molecular formula is C9H10O3. The van der Waals surface area contributed by atoms with Crippen LogP contribution in [0.5, 0.6) is 0 Å². The first-order chi connectivity index (χ1) is 5.79. The molecule has 1 saturated heterocycles. The summed E-state index contributed by atoms with van der Waals surface area (Å²) in [5, 5.41) is 0. The molecule has 0 N–H and O–H groups in total. The van der Waals surface area contributed by atoms with Crippen LogP contribution in [0.4, 0.5) is 0 Å². The quantitative estimate of drug-likeness (QED) is 0.328. The average Bonchev–Trinajstić information content (AvgIpc) is 2.64. The summed E-state index contributed by atoms with van der Waals surface area (Å²) < 4.78 is 9.97. The van der Waals surface area contributed by atoms with Gasteiger partial charge in [-0.2, -0.15) is 0 Å². The lowest BCUT2D eigenvalue weighted by Gasteiger charge is -2.03. The zero-order chi connectivity index (χ0) is 8.55. The Bertz CT molecular complexity index is 265. The first kappa shape index (κ1) is 7.55. The van der Waals surface area contributed by atoms with Gasteiger partial charge in [-0.1, -0.05) is 12.2 Å². The zero-order valence-corrected chi connectivity index (χ0v) is 6.82. The highest BCUT2D eigenvalue weighted by atomic mass is 16.5. The van der Waals surface area contributed by atoms with Gasteiger partial charge in [0.2, 0.25) is 0 Å². The lowest BCUT2D eigenvalue weighted by molar-refractivity contribution is -0.134. The van der Waals surface area contributed by atoms with E-state index in [2.05, 4.69) is 4.74 Å². The van der Waals surface area contributed by atoms with Gasteiger partial charge in [-0.3, -0.25) is 0 Å². The van der Waals surface area contributed by atoms with Crippen LogP contribution in [0, 0.1) is 0 Å². The highest BCUT2D eigenvalue weighted by Gasteiger charge is 2.31. The van der Waals surface area contributed by atoms with E-state index >= 15 is 0 Å². The van der Waals surface area contributed by atoms with Crippen LogP contribution in [-0.4, -0.2) is 25.3 Å². The van der Waals surface area contributed by atoms with E-state index in [0.717, 1.165) is 12.0 Å². The van der Waals surface area contributed by atoms with Gasteiger partial charge in [0.15, 0.2) is 0 Å². The fourth-order valence-electron chi connectivity index (χ4n) is 1.53. The van der Waals surface area contributed by atoms with Crippen LogP contribution in [0.2, 0.25) is 0 Å². The molecule has 2 atom stereocenters. The van der Waals surface area contributed by atoms with E-state index in [-0.39, 0.29) is 18.2 Å². The summed E-state index contributed by atoms with van der Waals surface area (Å²) in [5.41, 5.74) is 1.02. The van der Waals surface area contributed by atoms with Crippen LogP contribution < -0.4 is 0 Å². The first-order valence-corrected chi connectivity index (χ1v) is 3.92. The highest BCUT2D eigenvalue weighted by molar-refractivity contribution is 5.83. The second-order valence-electron chi connectivity index (χ2n) is 2.93. The predicted molar refractivity (Wildman–Crippen MR) is 42.5 cm³/mol. The van der Waals surface area contributed by atoms with Crippen molar-refractivity contribution in [1.29, 1.82) is 0 Å². The molecule has 2 aliphatic rings. The maximum absolute atomic E-state index is 10.9. The second kappa shape index (κ2) is 2.75. The lowest BCUT2D eigenvalue weighted by Crippen LogP contribution is -2.04. The molecule has 3 nitrogen and oxygen atoms in total. The maximum Gasteiger partial charge on any atom is 0.330 e. The molecule has 12 heavy (non-hydrogen) atoms. The minimum atomic E-state index is -0.297. The number of hydrogen-bond donors (Lipinski definition) is 0. The summed E-state index contributed by atoms with van der Waals surface area (Å²) >= 11 is 0. The van der Waals surface area contributed by atoms with E-state index in [4.69, 9.17) is 4.74 Å². The Hall–Kier alpha value is -1.09. The van der Waals surface area contributed by atoms with E-state index in [9.17, 15) is 4.79 Å². The standard InChI is InChI=1S/C9H10O3/c1-11-9(10)5-6-4-7-2-3-8(6)12-7/h2-3,5,7-8H,4H2,1H3/b6-5+/t7-,8+/m0/s1. The number of carbonyl (C=O) groups excluding carboxylic acids is 1. The molecule has 0 saturated carbocycles. The zero-order valence-electron chi connectivity index (χ0n) is 6.82. The molecule has 0 aliphatic carbocycles. The number of rotatable bonds is 1. The number of hydrogen-bond acceptors (Lipinski definition) is 3. The van der Waals surface area contributed by atoms with Crippen molar-refractivity contribution in [3.05, 3.63) is 23.8 Å². The Kier molecular flexibility index (Phi) is 1.73. The van der Waals surface area contributed by atoms with Gasteiger partial charge in [-0.05, 0) is 5.57 Å². The molecule has 64 valence electrons. The van der Waals surface area contributed by atoms with E-state index in [1.54, 1.807) is 0 Å². The molecule has 0 spiro atoms. The molecule has 0 amide bonds. The topological polar surface area (TPSA) is 35.5 Å². The van der Waals surface area contributed by atoms with Gasteiger partial charge in [0.1, 0.15) is 0 Å². The normalized spacial score (nSPS) is 34.6. The van der Waals surface area contributed by atoms with Crippen molar-refractivity contribution in [2.24, 2.45) is 0 Å². The van der Waals surface area contributed by atoms with Gasteiger partial charge in [0, 0.05) is 12.5 Å². The predicted octanol–water partition coefficient (Wildman–Crippen LogP) is 0.813. The van der Waals surface area contributed by atoms with Crippen molar-refractivity contribution in [2.45, 2.75) is 18.6 Å². The minimum Gasteiger partial charge on any atom is -0.466 e. The molecule has 2 heterocycles. The summed E-state index contributed by atoms with van der Waals surface area (Å²) in [6, 6.07) is 0. The SMILES string of the molecule is COC(=O)/C=C1\C[C@@H]2C=C[C@H]1O2. The van der Waals surface area contributed by atoms with Gasteiger partial charge >= 0.3 is 5.97 Å². The van der Waals surface area contributed by atoms with E-state index < -0.39 is 0 Å². The third kappa shape index (κ3) is 1.16. The van der Waals surface area contributed by atoms with Crippen LogP contribution in [0.3, 0.4) is 0 Å². The van der Waals surface area contributed by atoms with Gasteiger partial charge in [0.05, 0.1) is 19.3 Å². The fourth-order valence-corrected chi connectivity index (χ4v) is 1.53. The van der Waals surface area contributed by atoms with Gasteiger partial charge in [-0.15, -0.1) is 0 Å². The molecule has 0 aromatic rings. The second-order valence-corrected chi connectivity index (χ2v) is 2.93. The molecule has 0 aromatic heterocycles. The summed E-state index contributed by atoms with van der Waals surface area (Å²) in [6.07, 6.45) is 6.56. The molecule has 3 heteroatoms. The van der Waals surface area contributed by atoms with Crippen LogP contribution in [-0.2, 0) is 14.3 Å². The fraction of sp³-hybridized carbons (Fsp3) is 0.444. The average molecular weight is 166 g/mol. The van der Waals surface area contributed by atoms with Crippen LogP contribution in [0.15, 0.2) is 23.8 Å². The Morgan fingerprint density at radius 3 is 3.08 bits per heavy atom. The summed E-state index contributed by atoms with van der Waals surface area (Å²) in [7, 11) is 1.38. The van der Waals surface area contributed by atoms with Crippen molar-refractivity contribution in [2.75, 3.05) is 7.11 Å². The van der Waals surface area contributed by atoms with E-state index in [1.165, 1.54) is 13.2 Å². The third-order valence-corrected chi connectivity index (χ3v) is 2.13. The number of esters is 1. The van der Waals surface area contributed by atoms with Crippen molar-refractivity contribution >= 4 is 5.97 Å². The summed E-state index contributed by atoms with van der Waals surface area (Å²) in [5.74, 6) is -0.297. The molecule has 1 fully saturated rings. The smallest absolute Gasteiger partial charge is 0.330 e. The van der Waals surface area contributed by atoms with Gasteiger partial charge in [-0.25, -0.2) is 4.79 Å². The first-order valence-electron chi connectivity index (χ1n) is 3.92. The Morgan fingerprint density at radius 2 is 2.58 bits per heavy atom. The number of fused-ring (bicyclic) bond motifs is 2. The molecular weight excluding hydrogens is 156 g/mol. The summed E-state index contributed by atoms with van der Waals surface area (Å²) in [4.78, 5) is 10.9. The maximum atomic E-state index is 10.9. The molecule has 2 rings (SSSR count). The van der Waals surface area contributed by atoms with Crippen LogP contribution in [0.25, 0.3) is 0 Å². The molecule has 0 unspecified atom stereocenters. The van der Waals surface area contributed by atoms with Gasteiger partial charge in [0.25, 0.3) is 0 Å². The Labute approximate surface area is 70.7 Å². The number of carbonyl (C=O) groups is 1. The van der Waals surface area contributed by atoms with Crippen molar-refractivity contribution in [3.8, 4) is 0 Å². The van der Waals surface area contributed by atoms with Crippen molar-refractivity contribution < 1.29 is 14.3 Å². The van der Waals surface area contributed by atoms with Crippen molar-refractivity contribution in [3.63, 3.8) is 0 Å². The largest absolute Gasteiger partial charge is 0.466 e. The monoisotopic (exact) mass is 166 g/mol. The molecule has 0 aromatic carbocycles. The number of ether oxygens (including phenoxy) is 2. The summed E-state index contributed by atoms with van der Waals surface area (Å²) in [6.45, 7) is 0. The lowest BCUT2D eigenvalue weighted by atomic mass is 10.0. The molecule has 2 bridgehead atoms. The highest BCUT2D eigenvalue weighted by Crippen LogP contribution is 2.32. The number of methoxy groups -OCH3 is 1. The van der Waals surface area contributed by atoms with E-state index in [1.807, 2.05) is 12.2 Å². The van der Waals surface area contributed by atoms with Crippen molar-refractivity contribution in [1.82, 2.24) is 0 Å². The third-order valence-electron chi connectivity index (χ3n) is 2.13. The Balaban J connectivity index is 2.12. The molecule has 0 radical (unpaired) electrons.